The van der Waals surface area contributed by atoms with Crippen LogP contribution in [-0.2, 0) is 9.59 Å². The number of likely N-dealkylation sites (tertiary alicyclic amines) is 1. The third-order valence-corrected chi connectivity index (χ3v) is 2.80. The van der Waals surface area contributed by atoms with Crippen LogP contribution in [0.1, 0.15) is 20.3 Å². The number of carbonyl (C=O) groups excluding carboxylic acids is 2. The summed E-state index contributed by atoms with van der Waals surface area (Å²) < 4.78 is 0. The Labute approximate surface area is 95.5 Å². The van der Waals surface area contributed by atoms with Gasteiger partial charge in [-0.25, -0.2) is 0 Å². The summed E-state index contributed by atoms with van der Waals surface area (Å²) in [5.74, 6) is -0.0671. The van der Waals surface area contributed by atoms with Gasteiger partial charge < -0.3 is 5.73 Å². The number of amides is 2. The number of hydrogen-bond acceptors (Lipinski definition) is 4. The zero-order chi connectivity index (χ0) is 12.1. The Bertz CT molecular complexity index is 270. The average Bonchev–Trinajstić information content (AvgIpc) is 2.21. The fraction of sp³-hybridized carbons (Fsp3) is 0.800. The van der Waals surface area contributed by atoms with Crippen molar-refractivity contribution in [2.45, 2.75) is 26.3 Å². The summed E-state index contributed by atoms with van der Waals surface area (Å²) in [6.07, 6.45) is 0.911. The van der Waals surface area contributed by atoms with E-state index in [0.29, 0.717) is 12.5 Å². The molecule has 2 atom stereocenters. The van der Waals surface area contributed by atoms with Crippen molar-refractivity contribution >= 4 is 11.8 Å². The van der Waals surface area contributed by atoms with Gasteiger partial charge in [0.05, 0.1) is 6.54 Å². The molecule has 0 aromatic rings. The summed E-state index contributed by atoms with van der Waals surface area (Å²) >= 11 is 0. The van der Waals surface area contributed by atoms with Crippen LogP contribution in [0.2, 0.25) is 0 Å². The van der Waals surface area contributed by atoms with Gasteiger partial charge in [-0.3, -0.25) is 25.3 Å². The highest BCUT2D eigenvalue weighted by Gasteiger charge is 2.24. The molecule has 0 radical (unpaired) electrons. The second-order valence-corrected chi connectivity index (χ2v) is 4.39. The molecule has 6 heteroatoms. The van der Waals surface area contributed by atoms with Crippen LogP contribution in [0.3, 0.4) is 0 Å². The molecule has 0 bridgehead atoms. The smallest absolute Gasteiger partial charge is 0.252 e. The second-order valence-electron chi connectivity index (χ2n) is 4.39. The molecule has 0 aliphatic carbocycles. The van der Waals surface area contributed by atoms with Crippen LogP contribution < -0.4 is 16.6 Å². The zero-order valence-corrected chi connectivity index (χ0v) is 9.82. The maximum absolute atomic E-state index is 11.4. The van der Waals surface area contributed by atoms with Crippen LogP contribution in [0.25, 0.3) is 0 Å². The van der Waals surface area contributed by atoms with Crippen LogP contribution in [0.4, 0.5) is 0 Å². The predicted molar refractivity (Wildman–Crippen MR) is 60.2 cm³/mol. The van der Waals surface area contributed by atoms with E-state index in [-0.39, 0.29) is 17.9 Å². The van der Waals surface area contributed by atoms with E-state index >= 15 is 0 Å². The molecule has 1 saturated heterocycles. The highest BCUT2D eigenvalue weighted by atomic mass is 16.2. The quantitative estimate of drug-likeness (QED) is 0.519. The topological polar surface area (TPSA) is 87.5 Å². The fourth-order valence-electron chi connectivity index (χ4n) is 1.79. The zero-order valence-electron chi connectivity index (χ0n) is 9.82. The summed E-state index contributed by atoms with van der Waals surface area (Å²) in [5, 5.41) is 0. The van der Waals surface area contributed by atoms with Crippen LogP contribution in [0, 0.1) is 5.92 Å². The van der Waals surface area contributed by atoms with Crippen molar-refractivity contribution in [1.82, 2.24) is 15.8 Å². The summed E-state index contributed by atoms with van der Waals surface area (Å²) in [5.41, 5.74) is 10.5. The molecule has 0 spiro atoms. The standard InChI is InChI=1S/C10H20N4O2/c1-7-5-14(4-3-9(7)11)6-10(16)13-12-8(2)15/h7,9H,3-6,11H2,1-2H3,(H,12,15)(H,13,16). The highest BCUT2D eigenvalue weighted by Crippen LogP contribution is 2.13. The molecule has 92 valence electrons. The molecular weight excluding hydrogens is 208 g/mol. The molecule has 2 amide bonds. The lowest BCUT2D eigenvalue weighted by Crippen LogP contribution is -2.51. The molecule has 0 aromatic carbocycles. The minimum absolute atomic E-state index is 0.196. The number of nitrogens with one attached hydrogen (secondary N) is 2. The second kappa shape index (κ2) is 5.81. The SMILES string of the molecule is CC(=O)NNC(=O)CN1CCC(N)C(C)C1. The van der Waals surface area contributed by atoms with Crippen molar-refractivity contribution in [3.8, 4) is 0 Å². The van der Waals surface area contributed by atoms with Crippen molar-refractivity contribution < 1.29 is 9.59 Å². The van der Waals surface area contributed by atoms with E-state index in [1.807, 2.05) is 4.90 Å². The monoisotopic (exact) mass is 228 g/mol. The lowest BCUT2D eigenvalue weighted by molar-refractivity contribution is -0.128. The Hall–Kier alpha value is -1.14. The largest absolute Gasteiger partial charge is 0.327 e. The van der Waals surface area contributed by atoms with E-state index in [9.17, 15) is 9.59 Å². The molecule has 1 rings (SSSR count). The van der Waals surface area contributed by atoms with Gasteiger partial charge in [-0.1, -0.05) is 6.92 Å². The molecule has 2 unspecified atom stereocenters. The van der Waals surface area contributed by atoms with Crippen LogP contribution in [0.5, 0.6) is 0 Å². The van der Waals surface area contributed by atoms with Crippen molar-refractivity contribution in [3.05, 3.63) is 0 Å². The van der Waals surface area contributed by atoms with Crippen molar-refractivity contribution in [2.75, 3.05) is 19.6 Å². The molecule has 16 heavy (non-hydrogen) atoms. The Morgan fingerprint density at radius 2 is 2.12 bits per heavy atom. The van der Waals surface area contributed by atoms with Gasteiger partial charge in [0.25, 0.3) is 5.91 Å². The molecule has 1 aliphatic heterocycles. The number of rotatable bonds is 2. The van der Waals surface area contributed by atoms with E-state index in [1.54, 1.807) is 0 Å². The van der Waals surface area contributed by atoms with E-state index in [1.165, 1.54) is 6.92 Å². The minimum atomic E-state index is -0.276. The van der Waals surface area contributed by atoms with Gasteiger partial charge in [0.15, 0.2) is 0 Å². The molecule has 0 saturated carbocycles. The summed E-state index contributed by atoms with van der Waals surface area (Å²) in [6, 6.07) is 0.231. The van der Waals surface area contributed by atoms with Gasteiger partial charge in [-0.2, -0.15) is 0 Å². The van der Waals surface area contributed by atoms with E-state index in [0.717, 1.165) is 19.5 Å². The van der Waals surface area contributed by atoms with Gasteiger partial charge in [0, 0.05) is 26.1 Å². The average molecular weight is 228 g/mol. The lowest BCUT2D eigenvalue weighted by atomic mass is 9.95. The Morgan fingerprint density at radius 1 is 1.44 bits per heavy atom. The molecule has 4 N–H and O–H groups in total. The Balaban J connectivity index is 2.26. The maximum Gasteiger partial charge on any atom is 0.252 e. The molecule has 6 nitrogen and oxygen atoms in total. The third kappa shape index (κ3) is 4.16. The van der Waals surface area contributed by atoms with Gasteiger partial charge in [0.1, 0.15) is 0 Å². The first-order valence-corrected chi connectivity index (χ1v) is 5.52. The minimum Gasteiger partial charge on any atom is -0.327 e. The van der Waals surface area contributed by atoms with Gasteiger partial charge >= 0.3 is 0 Å². The first-order valence-electron chi connectivity index (χ1n) is 5.52. The summed E-state index contributed by atoms with van der Waals surface area (Å²) in [7, 11) is 0. The molecule has 1 aliphatic rings. The Kier molecular flexibility index (Phi) is 4.70. The number of carbonyl (C=O) groups is 2. The number of hydrazine groups is 1. The van der Waals surface area contributed by atoms with Crippen molar-refractivity contribution in [2.24, 2.45) is 11.7 Å². The van der Waals surface area contributed by atoms with Crippen molar-refractivity contribution in [3.63, 3.8) is 0 Å². The van der Waals surface area contributed by atoms with Crippen LogP contribution in [0.15, 0.2) is 0 Å². The third-order valence-electron chi connectivity index (χ3n) is 2.80. The van der Waals surface area contributed by atoms with Crippen molar-refractivity contribution in [1.29, 1.82) is 0 Å². The van der Waals surface area contributed by atoms with Gasteiger partial charge in [-0.05, 0) is 12.3 Å². The summed E-state index contributed by atoms with van der Waals surface area (Å²) in [6.45, 7) is 5.40. The van der Waals surface area contributed by atoms with E-state index < -0.39 is 0 Å². The maximum atomic E-state index is 11.4. The summed E-state index contributed by atoms with van der Waals surface area (Å²) in [4.78, 5) is 24.0. The van der Waals surface area contributed by atoms with Gasteiger partial charge in [0.2, 0.25) is 5.91 Å². The fourth-order valence-corrected chi connectivity index (χ4v) is 1.79. The van der Waals surface area contributed by atoms with Crippen LogP contribution >= 0.6 is 0 Å². The molecule has 1 fully saturated rings. The van der Waals surface area contributed by atoms with E-state index in [2.05, 4.69) is 17.8 Å². The number of piperidine rings is 1. The Morgan fingerprint density at radius 3 is 2.69 bits per heavy atom. The first-order chi connectivity index (χ1) is 7.49. The highest BCUT2D eigenvalue weighted by molar-refractivity contribution is 5.81. The predicted octanol–water partition coefficient (Wildman–Crippen LogP) is -1.18. The molecule has 1 heterocycles. The number of nitrogens with zero attached hydrogens (tertiary/aromatic N) is 1. The number of nitrogens with two attached hydrogens (primary N) is 1. The lowest BCUT2D eigenvalue weighted by Gasteiger charge is -2.34. The molecule has 0 aromatic heterocycles. The molecular formula is C10H20N4O2. The first kappa shape index (κ1) is 12.9. The number of hydrogen-bond donors (Lipinski definition) is 3. The van der Waals surface area contributed by atoms with Crippen LogP contribution in [-0.4, -0.2) is 42.4 Å². The normalized spacial score (nSPS) is 26.2. The van der Waals surface area contributed by atoms with Gasteiger partial charge in [-0.15, -0.1) is 0 Å². The van der Waals surface area contributed by atoms with E-state index in [4.69, 9.17) is 5.73 Å².